The van der Waals surface area contributed by atoms with Gasteiger partial charge in [-0.1, -0.05) is 20.3 Å². The fraction of sp³-hybridized carbons (Fsp3) is 0.474. The lowest BCUT2D eigenvalue weighted by molar-refractivity contribution is -0.146. The van der Waals surface area contributed by atoms with Crippen LogP contribution in [0.15, 0.2) is 18.2 Å². The zero-order chi connectivity index (χ0) is 19.7. The van der Waals surface area contributed by atoms with Crippen molar-refractivity contribution in [3.05, 3.63) is 23.8 Å². The predicted octanol–water partition coefficient (Wildman–Crippen LogP) is 2.43. The van der Waals surface area contributed by atoms with Crippen molar-refractivity contribution >= 4 is 18.0 Å². The van der Waals surface area contributed by atoms with Gasteiger partial charge in [-0.25, -0.2) is 4.79 Å². The summed E-state index contributed by atoms with van der Waals surface area (Å²) in [4.78, 5) is 24.1. The number of nitrogens with one attached hydrogen (secondary N) is 1. The standard InChI is InChI=1S/C19H27NO6/c1-7-12(2)17(19(22)26-6)20-16(21)9-8-13-10-14(23-3)18(25-5)15(11-13)24-4/h8-12,17H,7H2,1-6H3,(H,20,21)/b9-8+/t12-,17-/m1/s1. The second-order valence-corrected chi connectivity index (χ2v) is 5.69. The maximum Gasteiger partial charge on any atom is 0.328 e. The van der Waals surface area contributed by atoms with Crippen molar-refractivity contribution in [2.75, 3.05) is 28.4 Å². The lowest BCUT2D eigenvalue weighted by Crippen LogP contribution is -2.45. The molecule has 0 fully saturated rings. The van der Waals surface area contributed by atoms with Crippen LogP contribution in [0.2, 0.25) is 0 Å². The summed E-state index contributed by atoms with van der Waals surface area (Å²) >= 11 is 0. The van der Waals surface area contributed by atoms with Crippen molar-refractivity contribution in [2.45, 2.75) is 26.3 Å². The third-order valence-electron chi connectivity index (χ3n) is 4.08. The van der Waals surface area contributed by atoms with Crippen LogP contribution in [-0.4, -0.2) is 46.4 Å². The molecule has 0 spiro atoms. The van der Waals surface area contributed by atoms with E-state index in [1.165, 1.54) is 34.5 Å². The van der Waals surface area contributed by atoms with E-state index in [1.807, 2.05) is 13.8 Å². The van der Waals surface area contributed by atoms with Gasteiger partial charge in [0.1, 0.15) is 6.04 Å². The van der Waals surface area contributed by atoms with Gasteiger partial charge in [0.2, 0.25) is 11.7 Å². The molecule has 0 bridgehead atoms. The van der Waals surface area contributed by atoms with Gasteiger partial charge in [-0.2, -0.15) is 0 Å². The van der Waals surface area contributed by atoms with Gasteiger partial charge in [0.05, 0.1) is 28.4 Å². The number of carbonyl (C=O) groups is 2. The quantitative estimate of drug-likeness (QED) is 0.535. The molecular weight excluding hydrogens is 338 g/mol. The minimum Gasteiger partial charge on any atom is -0.493 e. The largest absolute Gasteiger partial charge is 0.493 e. The number of benzene rings is 1. The van der Waals surface area contributed by atoms with Crippen LogP contribution in [0.3, 0.4) is 0 Å². The summed E-state index contributed by atoms with van der Waals surface area (Å²) in [7, 11) is 5.86. The first-order chi connectivity index (χ1) is 12.4. The number of carbonyl (C=O) groups excluding carboxylic acids is 2. The third-order valence-corrected chi connectivity index (χ3v) is 4.08. The molecular formula is C19H27NO6. The minimum atomic E-state index is -0.693. The van der Waals surface area contributed by atoms with Gasteiger partial charge in [-0.05, 0) is 29.7 Å². The fourth-order valence-electron chi connectivity index (χ4n) is 2.37. The molecule has 1 rings (SSSR count). The Morgan fingerprint density at radius 3 is 2.08 bits per heavy atom. The van der Waals surface area contributed by atoms with E-state index >= 15 is 0 Å². The minimum absolute atomic E-state index is 0.0408. The molecule has 0 aliphatic heterocycles. The molecule has 0 heterocycles. The summed E-state index contributed by atoms with van der Waals surface area (Å²) in [6.45, 7) is 3.82. The zero-order valence-corrected chi connectivity index (χ0v) is 16.1. The number of hydrogen-bond acceptors (Lipinski definition) is 6. The van der Waals surface area contributed by atoms with Crippen LogP contribution in [0.1, 0.15) is 25.8 Å². The summed E-state index contributed by atoms with van der Waals surface area (Å²) < 4.78 is 20.6. The third kappa shape index (κ3) is 5.40. The van der Waals surface area contributed by atoms with E-state index in [4.69, 9.17) is 18.9 Å². The number of methoxy groups -OCH3 is 4. The lowest BCUT2D eigenvalue weighted by Gasteiger charge is -2.21. The summed E-state index contributed by atoms with van der Waals surface area (Å²) in [6.07, 6.45) is 3.68. The molecule has 0 saturated carbocycles. The molecule has 0 radical (unpaired) electrons. The molecule has 0 aliphatic carbocycles. The van der Waals surface area contributed by atoms with Crippen LogP contribution in [0.4, 0.5) is 0 Å². The van der Waals surface area contributed by atoms with Gasteiger partial charge in [0.15, 0.2) is 11.5 Å². The van der Waals surface area contributed by atoms with Crippen LogP contribution in [0.5, 0.6) is 17.2 Å². The van der Waals surface area contributed by atoms with E-state index in [-0.39, 0.29) is 5.92 Å². The zero-order valence-electron chi connectivity index (χ0n) is 16.1. The van der Waals surface area contributed by atoms with Crippen molar-refractivity contribution < 1.29 is 28.5 Å². The number of esters is 1. The van der Waals surface area contributed by atoms with Crippen LogP contribution < -0.4 is 19.5 Å². The first-order valence-electron chi connectivity index (χ1n) is 8.28. The molecule has 1 amide bonds. The van der Waals surface area contributed by atoms with Crippen molar-refractivity contribution in [1.82, 2.24) is 5.32 Å². The molecule has 0 unspecified atom stereocenters. The molecule has 1 aromatic carbocycles. The van der Waals surface area contributed by atoms with Crippen LogP contribution in [0.25, 0.3) is 6.08 Å². The average molecular weight is 365 g/mol. The molecule has 1 aromatic rings. The van der Waals surface area contributed by atoms with Gasteiger partial charge in [-0.3, -0.25) is 4.79 Å². The number of hydrogen-bond donors (Lipinski definition) is 1. The summed E-state index contributed by atoms with van der Waals surface area (Å²) in [5.74, 6) is 0.543. The van der Waals surface area contributed by atoms with Crippen LogP contribution in [0, 0.1) is 5.92 Å². The number of rotatable bonds is 9. The molecule has 7 nitrogen and oxygen atoms in total. The van der Waals surface area contributed by atoms with Gasteiger partial charge in [0.25, 0.3) is 0 Å². The second-order valence-electron chi connectivity index (χ2n) is 5.69. The highest BCUT2D eigenvalue weighted by molar-refractivity contribution is 5.94. The maximum atomic E-state index is 12.2. The molecule has 0 saturated heterocycles. The Morgan fingerprint density at radius 2 is 1.65 bits per heavy atom. The van der Waals surface area contributed by atoms with Gasteiger partial charge in [0, 0.05) is 6.08 Å². The average Bonchev–Trinajstić information content (AvgIpc) is 2.68. The Morgan fingerprint density at radius 1 is 1.08 bits per heavy atom. The Labute approximate surface area is 154 Å². The molecule has 0 aliphatic rings. The number of ether oxygens (including phenoxy) is 4. The van der Waals surface area contributed by atoms with E-state index in [0.29, 0.717) is 22.8 Å². The molecule has 0 aromatic heterocycles. The lowest BCUT2D eigenvalue weighted by atomic mass is 9.99. The van der Waals surface area contributed by atoms with Crippen LogP contribution in [-0.2, 0) is 14.3 Å². The van der Waals surface area contributed by atoms with Crippen molar-refractivity contribution in [3.63, 3.8) is 0 Å². The summed E-state index contributed by atoms with van der Waals surface area (Å²) in [5, 5.41) is 2.68. The Bertz CT molecular complexity index is 630. The second kappa shape index (κ2) is 10.3. The van der Waals surface area contributed by atoms with Crippen molar-refractivity contribution in [2.24, 2.45) is 5.92 Å². The van der Waals surface area contributed by atoms with E-state index in [9.17, 15) is 9.59 Å². The normalized spacial score (nSPS) is 13.0. The first kappa shape index (κ1) is 21.3. The fourth-order valence-corrected chi connectivity index (χ4v) is 2.37. The Hall–Kier alpha value is -2.70. The molecule has 26 heavy (non-hydrogen) atoms. The smallest absolute Gasteiger partial charge is 0.328 e. The van der Waals surface area contributed by atoms with Gasteiger partial charge >= 0.3 is 5.97 Å². The monoisotopic (exact) mass is 365 g/mol. The van der Waals surface area contributed by atoms with Gasteiger partial charge < -0.3 is 24.3 Å². The topological polar surface area (TPSA) is 83.1 Å². The highest BCUT2D eigenvalue weighted by Crippen LogP contribution is 2.38. The molecule has 1 N–H and O–H groups in total. The van der Waals surface area contributed by atoms with E-state index in [1.54, 1.807) is 18.2 Å². The van der Waals surface area contributed by atoms with Crippen molar-refractivity contribution in [3.8, 4) is 17.2 Å². The Kier molecular flexibility index (Phi) is 8.48. The van der Waals surface area contributed by atoms with Crippen molar-refractivity contribution in [1.29, 1.82) is 0 Å². The van der Waals surface area contributed by atoms with Gasteiger partial charge in [-0.15, -0.1) is 0 Å². The van der Waals surface area contributed by atoms with E-state index in [0.717, 1.165) is 6.42 Å². The molecule has 7 heteroatoms. The SMILES string of the molecule is CC[C@@H](C)[C@@H](NC(=O)/C=C/c1cc(OC)c(OC)c(OC)c1)C(=O)OC. The summed E-state index contributed by atoms with van der Waals surface area (Å²) in [5.41, 5.74) is 0.688. The molecule has 144 valence electrons. The molecule has 2 atom stereocenters. The van der Waals surface area contributed by atoms with E-state index in [2.05, 4.69) is 5.32 Å². The maximum absolute atomic E-state index is 12.2. The summed E-state index contributed by atoms with van der Waals surface area (Å²) in [6, 6.07) is 2.75. The highest BCUT2D eigenvalue weighted by atomic mass is 16.5. The predicted molar refractivity (Wildman–Crippen MR) is 98.5 cm³/mol. The first-order valence-corrected chi connectivity index (χ1v) is 8.28. The Balaban J connectivity index is 2.98. The number of amides is 1. The van der Waals surface area contributed by atoms with E-state index < -0.39 is 17.9 Å². The van der Waals surface area contributed by atoms with Crippen LogP contribution >= 0.6 is 0 Å². The highest BCUT2D eigenvalue weighted by Gasteiger charge is 2.25.